The summed E-state index contributed by atoms with van der Waals surface area (Å²) in [6.07, 6.45) is 6.25. The van der Waals surface area contributed by atoms with Gasteiger partial charge < -0.3 is 5.11 Å². The standard InChI is InChI=1S/C16H18N2O2/c1-12-6-8-17-14(10-12)15-11-13(7-9-18-15)4-2-3-5-16(19)20/h6-11H,2-5H2,1H3,(H,19,20). The van der Waals surface area contributed by atoms with Crippen molar-refractivity contribution in [1.29, 1.82) is 0 Å². The maximum atomic E-state index is 10.5. The molecule has 20 heavy (non-hydrogen) atoms. The Hall–Kier alpha value is -2.23. The highest BCUT2D eigenvalue weighted by molar-refractivity contribution is 5.66. The smallest absolute Gasteiger partial charge is 0.303 e. The maximum Gasteiger partial charge on any atom is 0.303 e. The zero-order chi connectivity index (χ0) is 14.4. The SMILES string of the molecule is Cc1ccnc(-c2cc(CCCCC(=O)O)ccn2)c1. The second-order valence-corrected chi connectivity index (χ2v) is 4.87. The summed E-state index contributed by atoms with van der Waals surface area (Å²) >= 11 is 0. The van der Waals surface area contributed by atoms with Crippen LogP contribution in [0.5, 0.6) is 0 Å². The molecule has 0 saturated carbocycles. The zero-order valence-electron chi connectivity index (χ0n) is 11.5. The lowest BCUT2D eigenvalue weighted by molar-refractivity contribution is -0.137. The van der Waals surface area contributed by atoms with Crippen molar-refractivity contribution in [3.05, 3.63) is 47.8 Å². The topological polar surface area (TPSA) is 63.1 Å². The van der Waals surface area contributed by atoms with Gasteiger partial charge in [0.15, 0.2) is 0 Å². The van der Waals surface area contributed by atoms with Gasteiger partial charge in [-0.2, -0.15) is 0 Å². The Bertz CT molecular complexity index is 597. The van der Waals surface area contributed by atoms with Gasteiger partial charge in [0.25, 0.3) is 0 Å². The average molecular weight is 270 g/mol. The van der Waals surface area contributed by atoms with Crippen molar-refractivity contribution in [2.45, 2.75) is 32.6 Å². The third kappa shape index (κ3) is 4.16. The van der Waals surface area contributed by atoms with Crippen molar-refractivity contribution < 1.29 is 9.90 Å². The Kier molecular flexibility index (Phi) is 4.82. The fraction of sp³-hybridized carbons (Fsp3) is 0.312. The Balaban J connectivity index is 2.02. The van der Waals surface area contributed by atoms with E-state index in [2.05, 4.69) is 9.97 Å². The normalized spacial score (nSPS) is 10.4. The number of hydrogen-bond acceptors (Lipinski definition) is 3. The lowest BCUT2D eigenvalue weighted by Gasteiger charge is -2.04. The van der Waals surface area contributed by atoms with Gasteiger partial charge in [0.2, 0.25) is 0 Å². The molecular weight excluding hydrogens is 252 g/mol. The van der Waals surface area contributed by atoms with Gasteiger partial charge in [-0.05, 0) is 61.6 Å². The fourth-order valence-corrected chi connectivity index (χ4v) is 2.05. The molecular formula is C16H18N2O2. The number of aliphatic carboxylic acids is 1. The van der Waals surface area contributed by atoms with E-state index in [1.807, 2.05) is 31.2 Å². The van der Waals surface area contributed by atoms with Crippen LogP contribution in [-0.2, 0) is 11.2 Å². The molecule has 2 heterocycles. The third-order valence-corrected chi connectivity index (χ3v) is 3.11. The van der Waals surface area contributed by atoms with E-state index in [4.69, 9.17) is 5.11 Å². The van der Waals surface area contributed by atoms with Crippen molar-refractivity contribution in [3.8, 4) is 11.4 Å². The van der Waals surface area contributed by atoms with Gasteiger partial charge in [0, 0.05) is 18.8 Å². The van der Waals surface area contributed by atoms with Crippen LogP contribution >= 0.6 is 0 Å². The minimum Gasteiger partial charge on any atom is -0.481 e. The van der Waals surface area contributed by atoms with E-state index in [0.29, 0.717) is 6.42 Å². The lowest BCUT2D eigenvalue weighted by atomic mass is 10.1. The van der Waals surface area contributed by atoms with E-state index < -0.39 is 5.97 Å². The monoisotopic (exact) mass is 270 g/mol. The van der Waals surface area contributed by atoms with E-state index in [9.17, 15) is 4.79 Å². The van der Waals surface area contributed by atoms with Crippen LogP contribution in [0.1, 0.15) is 30.4 Å². The van der Waals surface area contributed by atoms with Gasteiger partial charge in [-0.3, -0.25) is 14.8 Å². The first-order chi connectivity index (χ1) is 9.65. The van der Waals surface area contributed by atoms with Crippen LogP contribution in [0.15, 0.2) is 36.7 Å². The molecule has 2 aromatic rings. The second-order valence-electron chi connectivity index (χ2n) is 4.87. The Labute approximate surface area is 118 Å². The lowest BCUT2D eigenvalue weighted by Crippen LogP contribution is -1.95. The first-order valence-corrected chi connectivity index (χ1v) is 6.75. The summed E-state index contributed by atoms with van der Waals surface area (Å²) in [6, 6.07) is 7.97. The molecule has 0 aliphatic carbocycles. The van der Waals surface area contributed by atoms with Crippen LogP contribution in [0.3, 0.4) is 0 Å². The molecule has 4 heteroatoms. The number of aromatic nitrogens is 2. The molecule has 0 atom stereocenters. The second kappa shape index (κ2) is 6.80. The highest BCUT2D eigenvalue weighted by Gasteiger charge is 2.03. The van der Waals surface area contributed by atoms with Gasteiger partial charge in [-0.15, -0.1) is 0 Å². The van der Waals surface area contributed by atoms with Gasteiger partial charge >= 0.3 is 5.97 Å². The molecule has 0 aliphatic heterocycles. The van der Waals surface area contributed by atoms with Crippen LogP contribution in [-0.4, -0.2) is 21.0 Å². The zero-order valence-corrected chi connectivity index (χ0v) is 11.5. The molecule has 0 bridgehead atoms. The number of pyridine rings is 2. The molecule has 0 unspecified atom stereocenters. The van der Waals surface area contributed by atoms with E-state index >= 15 is 0 Å². The van der Waals surface area contributed by atoms with E-state index in [1.165, 1.54) is 5.56 Å². The predicted octanol–water partition coefficient (Wildman–Crippen LogP) is 3.25. The van der Waals surface area contributed by atoms with Crippen molar-refractivity contribution in [1.82, 2.24) is 9.97 Å². The minimum absolute atomic E-state index is 0.234. The molecule has 0 amide bonds. The highest BCUT2D eigenvalue weighted by atomic mass is 16.4. The molecule has 104 valence electrons. The molecule has 4 nitrogen and oxygen atoms in total. The summed E-state index contributed by atoms with van der Waals surface area (Å²) in [4.78, 5) is 19.1. The molecule has 0 aliphatic rings. The number of carbonyl (C=O) groups is 1. The van der Waals surface area contributed by atoms with E-state index in [-0.39, 0.29) is 6.42 Å². The molecule has 0 radical (unpaired) electrons. The van der Waals surface area contributed by atoms with Gasteiger partial charge in [-0.25, -0.2) is 0 Å². The van der Waals surface area contributed by atoms with Crippen LogP contribution in [0.25, 0.3) is 11.4 Å². The van der Waals surface area contributed by atoms with Gasteiger partial charge in [0.1, 0.15) is 0 Å². The summed E-state index contributed by atoms with van der Waals surface area (Å²) in [6.45, 7) is 2.03. The maximum absolute atomic E-state index is 10.5. The summed E-state index contributed by atoms with van der Waals surface area (Å²) in [5.74, 6) is -0.732. The van der Waals surface area contributed by atoms with Crippen molar-refractivity contribution in [2.24, 2.45) is 0 Å². The summed E-state index contributed by atoms with van der Waals surface area (Å²) in [5, 5.41) is 8.61. The summed E-state index contributed by atoms with van der Waals surface area (Å²) in [5.41, 5.74) is 4.06. The van der Waals surface area contributed by atoms with Crippen molar-refractivity contribution >= 4 is 5.97 Å². The van der Waals surface area contributed by atoms with Gasteiger partial charge in [-0.1, -0.05) is 0 Å². The molecule has 2 rings (SSSR count). The quantitative estimate of drug-likeness (QED) is 0.818. The van der Waals surface area contributed by atoms with E-state index in [1.54, 1.807) is 12.4 Å². The Morgan fingerprint density at radius 3 is 2.50 bits per heavy atom. The van der Waals surface area contributed by atoms with Gasteiger partial charge in [0.05, 0.1) is 11.4 Å². The molecule has 0 saturated heterocycles. The number of rotatable bonds is 6. The Morgan fingerprint density at radius 2 is 1.80 bits per heavy atom. The number of carboxylic acid groups (broad SMARTS) is 1. The number of hydrogen-bond donors (Lipinski definition) is 1. The number of unbranched alkanes of at least 4 members (excludes halogenated alkanes) is 1. The number of nitrogens with zero attached hydrogens (tertiary/aromatic N) is 2. The van der Waals surface area contributed by atoms with Crippen LogP contribution in [0.4, 0.5) is 0 Å². The molecule has 0 aromatic carbocycles. The summed E-state index contributed by atoms with van der Waals surface area (Å²) in [7, 11) is 0. The molecule has 0 spiro atoms. The number of aryl methyl sites for hydroxylation is 2. The predicted molar refractivity (Wildman–Crippen MR) is 77.4 cm³/mol. The third-order valence-electron chi connectivity index (χ3n) is 3.11. The van der Waals surface area contributed by atoms with Crippen LogP contribution in [0.2, 0.25) is 0 Å². The van der Waals surface area contributed by atoms with Crippen molar-refractivity contribution in [3.63, 3.8) is 0 Å². The molecule has 2 aromatic heterocycles. The summed E-state index contributed by atoms with van der Waals surface area (Å²) < 4.78 is 0. The minimum atomic E-state index is -0.732. The van der Waals surface area contributed by atoms with E-state index in [0.717, 1.165) is 29.8 Å². The van der Waals surface area contributed by atoms with Crippen LogP contribution < -0.4 is 0 Å². The Morgan fingerprint density at radius 1 is 1.10 bits per heavy atom. The molecule has 1 N–H and O–H groups in total. The number of carboxylic acids is 1. The first-order valence-electron chi connectivity index (χ1n) is 6.75. The fourth-order valence-electron chi connectivity index (χ4n) is 2.05. The van der Waals surface area contributed by atoms with Crippen LogP contribution in [0, 0.1) is 6.92 Å². The largest absolute Gasteiger partial charge is 0.481 e. The van der Waals surface area contributed by atoms with Crippen molar-refractivity contribution in [2.75, 3.05) is 0 Å². The first kappa shape index (κ1) is 14.2. The highest BCUT2D eigenvalue weighted by Crippen LogP contribution is 2.17. The average Bonchev–Trinajstić information content (AvgIpc) is 2.44. The molecule has 0 fully saturated rings.